The minimum atomic E-state index is -3.75. The summed E-state index contributed by atoms with van der Waals surface area (Å²) in [5.41, 5.74) is 6.97. The first-order valence-corrected chi connectivity index (χ1v) is 11.3. The number of nitrogens with two attached hydrogens (primary N) is 1. The Morgan fingerprint density at radius 3 is 2.17 bits per heavy atom. The van der Waals surface area contributed by atoms with Crippen LogP contribution in [0.1, 0.15) is 19.4 Å². The van der Waals surface area contributed by atoms with Gasteiger partial charge in [-0.2, -0.15) is 4.31 Å². The van der Waals surface area contributed by atoms with Crippen LogP contribution in [-0.2, 0) is 16.4 Å². The van der Waals surface area contributed by atoms with Gasteiger partial charge in [0.25, 0.3) is 0 Å². The number of aliphatic hydroxyl groups excluding tert-OH is 1. The van der Waals surface area contributed by atoms with Gasteiger partial charge in [-0.15, -0.1) is 0 Å². The van der Waals surface area contributed by atoms with E-state index < -0.39 is 16.1 Å². The van der Waals surface area contributed by atoms with Gasteiger partial charge in [0.05, 0.1) is 18.1 Å². The van der Waals surface area contributed by atoms with Gasteiger partial charge in [-0.25, -0.2) is 8.42 Å². The van der Waals surface area contributed by atoms with E-state index in [1.54, 1.807) is 12.1 Å². The Kier molecular flexibility index (Phi) is 8.64. The molecule has 0 bridgehead atoms. The lowest BCUT2D eigenvalue weighted by Gasteiger charge is -2.29. The van der Waals surface area contributed by atoms with E-state index in [1.165, 1.54) is 23.5 Å². The number of sulfonamides is 1. The Balaban J connectivity index is 2.21. The Labute approximate surface area is 174 Å². The van der Waals surface area contributed by atoms with Gasteiger partial charge in [-0.1, -0.05) is 44.2 Å². The van der Waals surface area contributed by atoms with Gasteiger partial charge in [0.1, 0.15) is 5.75 Å². The fourth-order valence-corrected chi connectivity index (χ4v) is 4.85. The Hall–Kier alpha value is -1.93. The van der Waals surface area contributed by atoms with Crippen LogP contribution in [0.3, 0.4) is 0 Å². The van der Waals surface area contributed by atoms with Gasteiger partial charge < -0.3 is 15.6 Å². The molecular weight excluding hydrogens is 388 g/mol. The van der Waals surface area contributed by atoms with E-state index >= 15 is 0 Å². The second-order valence-electron chi connectivity index (χ2n) is 7.64. The van der Waals surface area contributed by atoms with Gasteiger partial charge in [0.2, 0.25) is 10.0 Å². The van der Waals surface area contributed by atoms with E-state index in [0.717, 1.165) is 5.56 Å². The van der Waals surface area contributed by atoms with E-state index in [-0.39, 0.29) is 29.8 Å². The number of ether oxygens (including phenoxy) is 1. The summed E-state index contributed by atoms with van der Waals surface area (Å²) in [6, 6.07) is 16.1. The zero-order valence-corrected chi connectivity index (χ0v) is 18.2. The quantitative estimate of drug-likeness (QED) is 0.583. The fraction of sp³-hybridized carbons (Fsp3) is 0.455. The smallest absolute Gasteiger partial charge is 0.243 e. The predicted molar refractivity (Wildman–Crippen MR) is 115 cm³/mol. The van der Waals surface area contributed by atoms with Crippen molar-refractivity contribution < 1.29 is 18.3 Å². The fourth-order valence-electron chi connectivity index (χ4n) is 3.23. The molecule has 0 aliphatic carbocycles. The molecule has 2 aromatic rings. The maximum atomic E-state index is 13.2. The number of rotatable bonds is 11. The third kappa shape index (κ3) is 6.54. The van der Waals surface area contributed by atoms with Gasteiger partial charge in [0, 0.05) is 19.0 Å². The lowest BCUT2D eigenvalue weighted by atomic mass is 9.94. The summed E-state index contributed by atoms with van der Waals surface area (Å²) in [4.78, 5) is 0.179. The van der Waals surface area contributed by atoms with Crippen molar-refractivity contribution in [1.29, 1.82) is 0 Å². The van der Waals surface area contributed by atoms with Crippen LogP contribution < -0.4 is 10.5 Å². The van der Waals surface area contributed by atoms with Crippen LogP contribution in [0.2, 0.25) is 0 Å². The van der Waals surface area contributed by atoms with Crippen LogP contribution in [0.4, 0.5) is 0 Å². The summed E-state index contributed by atoms with van der Waals surface area (Å²) in [6.07, 6.45) is -0.275. The maximum Gasteiger partial charge on any atom is 0.243 e. The molecule has 0 spiro atoms. The number of hydrogen-bond acceptors (Lipinski definition) is 5. The highest BCUT2D eigenvalue weighted by atomic mass is 32.2. The van der Waals surface area contributed by atoms with E-state index in [9.17, 15) is 13.5 Å². The van der Waals surface area contributed by atoms with Crippen LogP contribution in [0.25, 0.3) is 0 Å². The lowest BCUT2D eigenvalue weighted by molar-refractivity contribution is 0.0875. The summed E-state index contributed by atoms with van der Waals surface area (Å²) in [5.74, 6) is 0.462. The molecule has 0 fully saturated rings. The molecule has 29 heavy (non-hydrogen) atoms. The zero-order valence-electron chi connectivity index (χ0n) is 17.4. The van der Waals surface area contributed by atoms with Crippen molar-refractivity contribution in [3.8, 4) is 5.75 Å². The minimum absolute atomic E-state index is 0.00123. The van der Waals surface area contributed by atoms with Crippen molar-refractivity contribution in [2.24, 2.45) is 17.6 Å². The van der Waals surface area contributed by atoms with Crippen molar-refractivity contribution in [2.45, 2.75) is 31.3 Å². The summed E-state index contributed by atoms with van der Waals surface area (Å²) in [7, 11) is -2.22. The molecule has 0 saturated carbocycles. The molecule has 2 aromatic carbocycles. The highest BCUT2D eigenvalue weighted by Gasteiger charge is 2.30. The zero-order chi connectivity index (χ0) is 21.4. The van der Waals surface area contributed by atoms with Gasteiger partial charge in [0.15, 0.2) is 0 Å². The standard InChI is InChI=1S/C22H32N2O4S/c1-17(2)15-24(29(26,27)21-11-9-20(28-3)10-12-21)16-22(25)19(14-23)13-18-7-5-4-6-8-18/h4-12,17,19,22,25H,13-16,23H2,1-3H3/t19-,22-/m1/s1. The molecule has 2 rings (SSSR count). The van der Waals surface area contributed by atoms with Crippen LogP contribution in [0.15, 0.2) is 59.5 Å². The van der Waals surface area contributed by atoms with E-state index in [0.29, 0.717) is 18.7 Å². The normalized spacial score (nSPS) is 14.2. The molecule has 0 aliphatic rings. The molecule has 3 N–H and O–H groups in total. The summed E-state index contributed by atoms with van der Waals surface area (Å²) >= 11 is 0. The highest BCUT2D eigenvalue weighted by Crippen LogP contribution is 2.22. The molecule has 7 heteroatoms. The van der Waals surface area contributed by atoms with Crippen LogP contribution in [0.5, 0.6) is 5.75 Å². The molecular formula is C22H32N2O4S. The molecule has 0 aliphatic heterocycles. The third-order valence-corrected chi connectivity index (χ3v) is 6.69. The number of aliphatic hydroxyl groups is 1. The first-order chi connectivity index (χ1) is 13.8. The number of hydrogen-bond donors (Lipinski definition) is 2. The predicted octanol–water partition coefficient (Wildman–Crippen LogP) is 2.52. The SMILES string of the molecule is COc1ccc(S(=O)(=O)N(CC(C)C)C[C@@H](O)[C@@H](CN)Cc2ccccc2)cc1. The van der Waals surface area contributed by atoms with Crippen LogP contribution in [-0.4, -0.2) is 50.7 Å². The largest absolute Gasteiger partial charge is 0.497 e. The average Bonchev–Trinajstić information content (AvgIpc) is 2.71. The minimum Gasteiger partial charge on any atom is -0.497 e. The van der Waals surface area contributed by atoms with Crippen molar-refractivity contribution in [3.05, 3.63) is 60.2 Å². The Morgan fingerprint density at radius 1 is 1.03 bits per heavy atom. The second kappa shape index (κ2) is 10.7. The Morgan fingerprint density at radius 2 is 1.66 bits per heavy atom. The lowest BCUT2D eigenvalue weighted by Crippen LogP contribution is -2.44. The van der Waals surface area contributed by atoms with Gasteiger partial charge >= 0.3 is 0 Å². The summed E-state index contributed by atoms with van der Waals surface area (Å²) < 4.78 is 32.9. The molecule has 0 saturated heterocycles. The first-order valence-electron chi connectivity index (χ1n) is 9.84. The first kappa shape index (κ1) is 23.3. The van der Waals surface area contributed by atoms with Crippen molar-refractivity contribution in [3.63, 3.8) is 0 Å². The van der Waals surface area contributed by atoms with Gasteiger partial charge in [-0.05, 0) is 48.7 Å². The average molecular weight is 421 g/mol. The Bertz CT molecular complexity index is 839. The second-order valence-corrected chi connectivity index (χ2v) is 9.58. The molecule has 2 atom stereocenters. The summed E-state index contributed by atoms with van der Waals surface area (Å²) in [5, 5.41) is 10.8. The van der Waals surface area contributed by atoms with Crippen molar-refractivity contribution in [1.82, 2.24) is 4.31 Å². The van der Waals surface area contributed by atoms with Gasteiger partial charge in [-0.3, -0.25) is 0 Å². The maximum absolute atomic E-state index is 13.2. The number of nitrogens with zero attached hydrogens (tertiary/aromatic N) is 1. The third-order valence-electron chi connectivity index (χ3n) is 4.84. The molecule has 0 heterocycles. The monoisotopic (exact) mass is 420 g/mol. The van der Waals surface area contributed by atoms with E-state index in [1.807, 2.05) is 44.2 Å². The van der Waals surface area contributed by atoms with Crippen molar-refractivity contribution in [2.75, 3.05) is 26.7 Å². The number of benzene rings is 2. The van der Waals surface area contributed by atoms with Crippen LogP contribution in [0, 0.1) is 11.8 Å². The molecule has 0 unspecified atom stereocenters. The van der Waals surface area contributed by atoms with Crippen molar-refractivity contribution >= 4 is 10.0 Å². The highest BCUT2D eigenvalue weighted by molar-refractivity contribution is 7.89. The van der Waals surface area contributed by atoms with E-state index in [2.05, 4.69) is 0 Å². The molecule has 0 amide bonds. The van der Waals surface area contributed by atoms with Crippen LogP contribution >= 0.6 is 0 Å². The molecule has 0 radical (unpaired) electrons. The molecule has 160 valence electrons. The number of methoxy groups -OCH3 is 1. The summed E-state index contributed by atoms with van der Waals surface area (Å²) in [6.45, 7) is 4.49. The van der Waals surface area contributed by atoms with E-state index in [4.69, 9.17) is 10.5 Å². The molecule has 6 nitrogen and oxygen atoms in total. The molecule has 0 aromatic heterocycles. The topological polar surface area (TPSA) is 92.9 Å².